The van der Waals surface area contributed by atoms with Gasteiger partial charge in [-0.25, -0.2) is 8.42 Å². The summed E-state index contributed by atoms with van der Waals surface area (Å²) in [6.07, 6.45) is 1.28. The molecule has 2 aromatic carbocycles. The first-order chi connectivity index (χ1) is 12.4. The Labute approximate surface area is 154 Å². The van der Waals surface area contributed by atoms with Crippen LogP contribution in [0, 0.1) is 6.92 Å². The molecule has 2 aliphatic heterocycles. The Morgan fingerprint density at radius 2 is 1.88 bits per heavy atom. The molecule has 2 aliphatic rings. The number of anilines is 1. The number of aryl methyl sites for hydroxylation is 1. The zero-order valence-corrected chi connectivity index (χ0v) is 16.1. The monoisotopic (exact) mass is 373 g/mol. The predicted molar refractivity (Wildman–Crippen MR) is 101 cm³/mol. The molecule has 6 heteroatoms. The number of benzene rings is 2. The molecule has 26 heavy (non-hydrogen) atoms. The van der Waals surface area contributed by atoms with Crippen molar-refractivity contribution in [3.8, 4) is 11.5 Å². The highest BCUT2D eigenvalue weighted by molar-refractivity contribution is 7.93. The van der Waals surface area contributed by atoms with Gasteiger partial charge in [0.25, 0.3) is 10.0 Å². The van der Waals surface area contributed by atoms with Gasteiger partial charge in [0.15, 0.2) is 0 Å². The van der Waals surface area contributed by atoms with Crippen molar-refractivity contribution in [3.05, 3.63) is 46.5 Å². The van der Waals surface area contributed by atoms with Gasteiger partial charge >= 0.3 is 0 Å². The van der Waals surface area contributed by atoms with E-state index < -0.39 is 10.0 Å². The van der Waals surface area contributed by atoms with Gasteiger partial charge in [-0.05, 0) is 30.0 Å². The molecule has 0 saturated carbocycles. The van der Waals surface area contributed by atoms with Crippen LogP contribution in [0.2, 0.25) is 0 Å². The number of para-hydroxylation sites is 1. The molecule has 2 aromatic rings. The molecule has 0 spiro atoms. The Morgan fingerprint density at radius 3 is 2.65 bits per heavy atom. The second-order valence-electron chi connectivity index (χ2n) is 7.17. The van der Waals surface area contributed by atoms with Crippen molar-refractivity contribution in [1.29, 1.82) is 0 Å². The Bertz CT molecular complexity index is 948. The van der Waals surface area contributed by atoms with Crippen molar-refractivity contribution in [2.45, 2.75) is 44.4 Å². The molecule has 0 radical (unpaired) electrons. The lowest BCUT2D eigenvalue weighted by Crippen LogP contribution is -2.18. The first kappa shape index (κ1) is 17.2. The lowest BCUT2D eigenvalue weighted by Gasteiger charge is -2.19. The zero-order valence-electron chi connectivity index (χ0n) is 15.3. The summed E-state index contributed by atoms with van der Waals surface area (Å²) in [5, 5.41) is 0. The Balaban J connectivity index is 1.86. The van der Waals surface area contributed by atoms with E-state index in [4.69, 9.17) is 9.47 Å². The third kappa shape index (κ3) is 2.72. The van der Waals surface area contributed by atoms with Crippen LogP contribution in [-0.4, -0.2) is 21.6 Å². The molecule has 0 bridgehead atoms. The lowest BCUT2D eigenvalue weighted by molar-refractivity contribution is 0.348. The summed E-state index contributed by atoms with van der Waals surface area (Å²) in [5.41, 5.74) is 4.17. The summed E-state index contributed by atoms with van der Waals surface area (Å²) >= 11 is 0. The number of sulfonamides is 1. The van der Waals surface area contributed by atoms with Crippen molar-refractivity contribution < 1.29 is 17.9 Å². The van der Waals surface area contributed by atoms with E-state index in [1.807, 2.05) is 31.2 Å². The lowest BCUT2D eigenvalue weighted by atomic mass is 9.99. The van der Waals surface area contributed by atoms with Crippen molar-refractivity contribution >= 4 is 15.7 Å². The number of hydrogen-bond donors (Lipinski definition) is 1. The molecule has 0 aliphatic carbocycles. The van der Waals surface area contributed by atoms with Crippen molar-refractivity contribution in [3.63, 3.8) is 0 Å². The van der Waals surface area contributed by atoms with Gasteiger partial charge in [0.05, 0.1) is 18.9 Å². The molecular formula is C20H23NO4S. The van der Waals surface area contributed by atoms with Crippen LogP contribution in [-0.2, 0) is 22.9 Å². The average Bonchev–Trinajstić information content (AvgIpc) is 3.22. The largest absolute Gasteiger partial charge is 0.493 e. The number of ether oxygens (including phenoxy) is 2. The molecule has 0 unspecified atom stereocenters. The van der Waals surface area contributed by atoms with Gasteiger partial charge in [0.2, 0.25) is 0 Å². The third-order valence-electron chi connectivity index (χ3n) is 5.03. The van der Waals surface area contributed by atoms with E-state index in [1.165, 1.54) is 0 Å². The maximum Gasteiger partial charge on any atom is 0.266 e. The van der Waals surface area contributed by atoms with Crippen molar-refractivity contribution in [1.82, 2.24) is 0 Å². The Morgan fingerprint density at radius 1 is 1.12 bits per heavy atom. The highest BCUT2D eigenvalue weighted by Gasteiger charge is 2.34. The fourth-order valence-corrected chi connectivity index (χ4v) is 5.33. The first-order valence-corrected chi connectivity index (χ1v) is 10.4. The number of nitrogens with one attached hydrogen (secondary N) is 1. The highest BCUT2D eigenvalue weighted by atomic mass is 32.2. The second kappa shape index (κ2) is 6.20. The summed E-state index contributed by atoms with van der Waals surface area (Å²) in [4.78, 5) is 0.248. The second-order valence-corrected chi connectivity index (χ2v) is 8.79. The van der Waals surface area contributed by atoms with Crippen LogP contribution in [0.4, 0.5) is 5.69 Å². The molecule has 0 aromatic heterocycles. The van der Waals surface area contributed by atoms with E-state index in [-0.39, 0.29) is 10.8 Å². The van der Waals surface area contributed by atoms with Gasteiger partial charge in [-0.1, -0.05) is 32.0 Å². The third-order valence-corrected chi connectivity index (χ3v) is 6.48. The van der Waals surface area contributed by atoms with Gasteiger partial charge in [0, 0.05) is 24.0 Å². The molecule has 0 atom stereocenters. The molecular weight excluding hydrogens is 350 g/mol. The van der Waals surface area contributed by atoms with E-state index in [0.29, 0.717) is 43.2 Å². The molecule has 138 valence electrons. The number of fused-ring (bicyclic) bond motifs is 2. The summed E-state index contributed by atoms with van der Waals surface area (Å²) < 4.78 is 41.0. The van der Waals surface area contributed by atoms with Gasteiger partial charge in [-0.2, -0.15) is 0 Å². The number of rotatable bonds is 4. The minimum atomic E-state index is -3.80. The minimum absolute atomic E-state index is 0.208. The Hall–Kier alpha value is -2.21. The van der Waals surface area contributed by atoms with E-state index in [1.54, 1.807) is 0 Å². The van der Waals surface area contributed by atoms with Gasteiger partial charge in [-0.3, -0.25) is 4.72 Å². The van der Waals surface area contributed by atoms with Crippen LogP contribution < -0.4 is 14.2 Å². The maximum absolute atomic E-state index is 13.4. The molecule has 0 amide bonds. The van der Waals surface area contributed by atoms with Gasteiger partial charge in [0.1, 0.15) is 16.4 Å². The first-order valence-electron chi connectivity index (χ1n) is 8.95. The molecule has 0 saturated heterocycles. The molecule has 4 rings (SSSR count). The van der Waals surface area contributed by atoms with E-state index >= 15 is 0 Å². The molecule has 0 fully saturated rings. The predicted octanol–water partition coefficient (Wildman–Crippen LogP) is 3.79. The maximum atomic E-state index is 13.4. The molecule has 2 heterocycles. The van der Waals surface area contributed by atoms with Gasteiger partial charge < -0.3 is 9.47 Å². The Kier molecular flexibility index (Phi) is 4.10. The normalized spacial score (nSPS) is 15.4. The van der Waals surface area contributed by atoms with E-state index in [2.05, 4.69) is 18.6 Å². The van der Waals surface area contributed by atoms with Crippen molar-refractivity contribution in [2.75, 3.05) is 17.9 Å². The van der Waals surface area contributed by atoms with Crippen LogP contribution in [0.15, 0.2) is 29.2 Å². The fraction of sp³-hybridized carbons (Fsp3) is 0.400. The summed E-state index contributed by atoms with van der Waals surface area (Å²) in [6.45, 7) is 7.04. The quantitative estimate of drug-likeness (QED) is 0.886. The van der Waals surface area contributed by atoms with E-state index in [9.17, 15) is 8.42 Å². The fourth-order valence-electron chi connectivity index (χ4n) is 3.72. The molecule has 5 nitrogen and oxygen atoms in total. The van der Waals surface area contributed by atoms with Crippen molar-refractivity contribution in [2.24, 2.45) is 0 Å². The van der Waals surface area contributed by atoms with E-state index in [0.717, 1.165) is 22.3 Å². The zero-order chi connectivity index (χ0) is 18.5. The summed E-state index contributed by atoms with van der Waals surface area (Å²) in [6, 6.07) is 7.77. The van der Waals surface area contributed by atoms with Crippen LogP contribution in [0.25, 0.3) is 0 Å². The summed E-state index contributed by atoms with van der Waals surface area (Å²) in [5.74, 6) is 1.37. The average molecular weight is 373 g/mol. The SMILES string of the molecule is Cc1cccc(C(C)C)c1NS(=O)(=O)c1c2c(cc3c1OCC3)OCC2. The summed E-state index contributed by atoms with van der Waals surface area (Å²) in [7, 11) is -3.80. The van der Waals surface area contributed by atoms with Crippen LogP contribution in [0.5, 0.6) is 11.5 Å². The van der Waals surface area contributed by atoms with Crippen LogP contribution in [0.3, 0.4) is 0 Å². The topological polar surface area (TPSA) is 64.6 Å². The van der Waals surface area contributed by atoms with Crippen LogP contribution >= 0.6 is 0 Å². The standard InChI is InChI=1S/C20H23NO4S/c1-12(2)15-6-4-5-13(3)18(15)21-26(22,23)20-16-8-10-24-17(16)11-14-7-9-25-19(14)20/h4-6,11-12,21H,7-10H2,1-3H3. The smallest absolute Gasteiger partial charge is 0.266 e. The number of hydrogen-bond acceptors (Lipinski definition) is 4. The minimum Gasteiger partial charge on any atom is -0.493 e. The van der Waals surface area contributed by atoms with Gasteiger partial charge in [-0.15, -0.1) is 0 Å². The molecule has 1 N–H and O–H groups in total. The highest BCUT2D eigenvalue weighted by Crippen LogP contribution is 2.44. The van der Waals surface area contributed by atoms with Crippen LogP contribution in [0.1, 0.15) is 42.0 Å².